The average Bonchev–Trinajstić information content (AvgIpc) is 0.927. The zero-order chi connectivity index (χ0) is 100. The molecule has 138 heavy (non-hydrogen) atoms. The second kappa shape index (κ2) is 112. The smallest absolute Gasteiger partial charge is 0.0110 e. The van der Waals surface area contributed by atoms with E-state index in [1.54, 1.807) is 0 Å². The van der Waals surface area contributed by atoms with Crippen molar-refractivity contribution in [2.24, 2.45) is 80.3 Å². The van der Waals surface area contributed by atoms with Crippen LogP contribution in [0.1, 0.15) is 6.92 Å². The van der Waals surface area contributed by atoms with Crippen LogP contribution in [0.2, 0.25) is 0 Å². The second-order valence-electron chi connectivity index (χ2n) is 35.8. The van der Waals surface area contributed by atoms with E-state index >= 15 is 0 Å². The monoisotopic (exact) mass is 1980 g/mol. The number of rotatable bonds is 122. The Morgan fingerprint density at radius 2 is 0.181 bits per heavy atom. The quantitative estimate of drug-likeness (QED) is 0.0251. The minimum absolute atomic E-state index is 0.623. The van der Waals surface area contributed by atoms with Crippen molar-refractivity contribution >= 4 is 0 Å². The molecule has 0 atom stereocenters. The van der Waals surface area contributed by atoms with E-state index in [-0.39, 0.29) is 0 Å². The summed E-state index contributed by atoms with van der Waals surface area (Å²) in [5, 5.41) is 69.2. The van der Waals surface area contributed by atoms with Gasteiger partial charge in [0.15, 0.2) is 0 Å². The van der Waals surface area contributed by atoms with Gasteiger partial charge in [0.2, 0.25) is 0 Å². The van der Waals surface area contributed by atoms with Crippen molar-refractivity contribution in [2.75, 3.05) is 596 Å². The molecule has 0 aromatic rings. The van der Waals surface area contributed by atoms with Crippen molar-refractivity contribution in [3.05, 3.63) is 0 Å². The maximum atomic E-state index is 6.11. The maximum absolute atomic E-state index is 6.11. The Labute approximate surface area is 843 Å². The number of likely N-dealkylation sites (N-methyl/N-ethyl adjacent to an activating group) is 1. The van der Waals surface area contributed by atoms with Gasteiger partial charge in [-0.05, 0) is 6.54 Å². The van der Waals surface area contributed by atoms with Crippen molar-refractivity contribution in [2.45, 2.75) is 6.92 Å². The minimum atomic E-state index is 0.623. The van der Waals surface area contributed by atoms with E-state index in [0.717, 1.165) is 504 Å². The summed E-state index contributed by atoms with van der Waals surface area (Å²) < 4.78 is 0. The molecule has 0 aromatic heterocycles. The molecule has 0 aliphatic rings. The van der Waals surface area contributed by atoms with Crippen molar-refractivity contribution in [3.8, 4) is 0 Å². The maximum Gasteiger partial charge on any atom is 0.0110 e. The third-order valence-electron chi connectivity index (χ3n) is 24.6. The second-order valence-corrected chi connectivity index (χ2v) is 35.8. The predicted molar refractivity (Wildman–Crippen MR) is 591 cm³/mol. The zero-order valence-corrected chi connectivity index (χ0v) is 88.7. The van der Waals surface area contributed by atoms with Crippen LogP contribution in [-0.2, 0) is 0 Å². The summed E-state index contributed by atoms with van der Waals surface area (Å²) in [7, 11) is 0. The van der Waals surface area contributed by atoms with Crippen LogP contribution in [0.4, 0.5) is 0 Å². The van der Waals surface area contributed by atoms with E-state index in [0.29, 0.717) is 91.6 Å². The summed E-state index contributed by atoms with van der Waals surface area (Å²) in [4.78, 5) is 33.4. The molecule has 830 valence electrons. The highest BCUT2D eigenvalue weighted by atomic mass is 15.3. The fourth-order valence-electron chi connectivity index (χ4n) is 16.0. The number of nitrogens with zero attached hydrogens (tertiary/aromatic N) is 13. The van der Waals surface area contributed by atoms with Gasteiger partial charge in [0.05, 0.1) is 0 Å². The molecule has 0 saturated heterocycles. The van der Waals surface area contributed by atoms with Gasteiger partial charge in [-0.15, -0.1) is 0 Å². The lowest BCUT2D eigenvalue weighted by Crippen LogP contribution is -2.47. The van der Waals surface area contributed by atoms with Gasteiger partial charge in [-0.2, -0.15) is 0 Å². The Morgan fingerprint density at radius 3 is 0.304 bits per heavy atom. The molecule has 0 aliphatic heterocycles. The fourth-order valence-corrected chi connectivity index (χ4v) is 16.0. The van der Waals surface area contributed by atoms with Gasteiger partial charge in [-0.1, -0.05) is 6.92 Å². The van der Waals surface area contributed by atoms with Gasteiger partial charge in [0.25, 0.3) is 0 Å². The van der Waals surface area contributed by atoms with Crippen LogP contribution in [0.15, 0.2) is 0 Å². The van der Waals surface area contributed by atoms with E-state index in [4.69, 9.17) is 80.3 Å². The molecule has 0 radical (unpaired) electrons. The van der Waals surface area contributed by atoms with Crippen LogP contribution in [0.5, 0.6) is 0 Å². The van der Waals surface area contributed by atoms with Crippen molar-refractivity contribution < 1.29 is 0 Å². The lowest BCUT2D eigenvalue weighted by molar-refractivity contribution is 0.161. The first-order valence-corrected chi connectivity index (χ1v) is 54.7. The van der Waals surface area contributed by atoms with Crippen LogP contribution >= 0.6 is 0 Å². The lowest BCUT2D eigenvalue weighted by Gasteiger charge is -2.32. The molecule has 46 nitrogen and oxygen atoms in total. The molecule has 0 fully saturated rings. The molecular formula is C92H232N46. The standard InChI is InChI=1S/C92H232N46/c1-2-126(58-30-120-46-67-132(72-51-125-54-79-135(74-38-114-24-10-100)86-85-129(57-16-106)63-33-109-19-5-95)71-50-124-49-70-131(66-36-112-22-8-98)69-48-123-47-68-130(64-34-110-20-6-96)65-35-111-21-7-97)83-84-133(78-52-121-44-61-127(55-14-104)59-31-107-17-3-93)76-42-118-28-29-119-43-77-134(73-37-113-23-9-99)87-89-137(81-40-116-26-12-102)91-92-138(82-41-117-27-13-103)90-88-136(75-39-115-25-11-101)80-53-122-45-62-128(56-15-105)60-32-108-18-4-94/h107-125H,2-106H2,1H3. The summed E-state index contributed by atoms with van der Waals surface area (Å²) in [6, 6.07) is 0. The van der Waals surface area contributed by atoms with Crippen molar-refractivity contribution in [3.63, 3.8) is 0 Å². The van der Waals surface area contributed by atoms with E-state index in [9.17, 15) is 0 Å². The molecule has 0 rings (SSSR count). The van der Waals surface area contributed by atoms with Gasteiger partial charge in [0, 0.05) is 589 Å². The highest BCUT2D eigenvalue weighted by molar-refractivity contribution is 4.79. The Balaban J connectivity index is 6.38. The molecule has 0 amide bonds. The summed E-state index contributed by atoms with van der Waals surface area (Å²) in [5.41, 5.74) is 82.6. The summed E-state index contributed by atoms with van der Waals surface area (Å²) in [6.07, 6.45) is 0. The summed E-state index contributed by atoms with van der Waals surface area (Å²) >= 11 is 0. The Kier molecular flexibility index (Phi) is 111. The van der Waals surface area contributed by atoms with E-state index in [1.807, 2.05) is 0 Å². The normalized spacial score (nSPS) is 12.4. The molecule has 0 spiro atoms. The fraction of sp³-hybridized carbons (Fsp3) is 1.00. The van der Waals surface area contributed by atoms with E-state index < -0.39 is 0 Å². The third kappa shape index (κ3) is 93.9. The average molecular weight is 1980 g/mol. The predicted octanol–water partition coefficient (Wildman–Crippen LogP) is -17.4. The molecule has 0 bridgehead atoms. The van der Waals surface area contributed by atoms with Gasteiger partial charge < -0.3 is 186 Å². The zero-order valence-electron chi connectivity index (χ0n) is 88.7. The van der Waals surface area contributed by atoms with Crippen molar-refractivity contribution in [1.82, 2.24) is 165 Å². The third-order valence-corrected chi connectivity index (χ3v) is 24.6. The Morgan fingerprint density at radius 1 is 0.0942 bits per heavy atom. The number of hydrogen-bond donors (Lipinski definition) is 33. The van der Waals surface area contributed by atoms with Crippen LogP contribution in [0, 0.1) is 0 Å². The molecule has 0 saturated carbocycles. The summed E-state index contributed by atoms with van der Waals surface area (Å²) in [5.74, 6) is 0. The molecule has 0 unspecified atom stereocenters. The Hall–Kier alpha value is -1.84. The largest absolute Gasteiger partial charge is 0.329 e. The van der Waals surface area contributed by atoms with Gasteiger partial charge in [-0.25, -0.2) is 0 Å². The first-order valence-electron chi connectivity index (χ1n) is 54.7. The highest BCUT2D eigenvalue weighted by Crippen LogP contribution is 2.02. The first kappa shape index (κ1) is 136. The first-order chi connectivity index (χ1) is 68.0. The van der Waals surface area contributed by atoms with Crippen LogP contribution < -0.4 is 181 Å². The van der Waals surface area contributed by atoms with Gasteiger partial charge in [0.1, 0.15) is 0 Å². The number of nitrogens with one attached hydrogen (secondary N) is 19. The summed E-state index contributed by atoms with van der Waals surface area (Å²) in [6.45, 7) is 82.7. The molecule has 0 aliphatic carbocycles. The van der Waals surface area contributed by atoms with Gasteiger partial charge >= 0.3 is 0 Å². The molecule has 0 aromatic carbocycles. The van der Waals surface area contributed by atoms with Crippen LogP contribution in [0.3, 0.4) is 0 Å². The minimum Gasteiger partial charge on any atom is -0.329 e. The molecule has 0 heterocycles. The SMILES string of the molecule is CCN(CCNCCN(CCNCCN(CCNCCN)CCNCCN(CCNCCN)CCNCCN)CCNCCN(CCNCCN)CCN(CCN)CCNCCN)CCN(CCNCCNCCN(CCNCCN)CCN(CCNCCN)CCN(CCNCCN)CCN(CCNCCN)CCNCCN(CCN)CCNCCN)CCNCCN(CCN)CCNCCN. The lowest BCUT2D eigenvalue weighted by atomic mass is 10.3. The highest BCUT2D eigenvalue weighted by Gasteiger charge is 2.19. The van der Waals surface area contributed by atoms with Gasteiger partial charge in [-0.3, -0.25) is 58.8 Å². The topological polar surface area (TPSA) is 635 Å². The molecule has 46 heteroatoms. The van der Waals surface area contributed by atoms with E-state index in [1.165, 1.54) is 0 Å². The Bertz CT molecular complexity index is 2270. The number of hydrogen-bond acceptors (Lipinski definition) is 46. The number of nitrogens with two attached hydrogens (primary N) is 14. The van der Waals surface area contributed by atoms with E-state index in [2.05, 4.69) is 172 Å². The van der Waals surface area contributed by atoms with Crippen molar-refractivity contribution in [1.29, 1.82) is 0 Å². The van der Waals surface area contributed by atoms with Crippen LogP contribution in [0.25, 0.3) is 0 Å². The van der Waals surface area contributed by atoms with Crippen LogP contribution in [-0.4, -0.2) is 659 Å². The molecular weight excluding hydrogens is 1750 g/mol. The molecule has 47 N–H and O–H groups in total.